The highest BCUT2D eigenvalue weighted by atomic mass is 127. The van der Waals surface area contributed by atoms with E-state index in [1.807, 2.05) is 22.6 Å². The number of halogens is 6. The molecule has 0 aliphatic rings. The Hall–Kier alpha value is -2.88. The predicted molar refractivity (Wildman–Crippen MR) is 146 cm³/mol. The zero-order valence-electron chi connectivity index (χ0n) is 21.1. The van der Waals surface area contributed by atoms with Gasteiger partial charge in [0.05, 0.1) is 16.8 Å². The number of hydrogen-bond acceptors (Lipinski definition) is 4. The number of carbonyl (C=O) groups is 2. The van der Waals surface area contributed by atoms with Gasteiger partial charge in [-0.15, -0.1) is 0 Å². The number of aryl methyl sites for hydroxylation is 1. The number of amides is 2. The highest BCUT2D eigenvalue weighted by Crippen LogP contribution is 2.35. The van der Waals surface area contributed by atoms with E-state index >= 15 is 0 Å². The summed E-state index contributed by atoms with van der Waals surface area (Å²) in [7, 11) is -1.18. The average molecular weight is 682 g/mol. The second-order valence-electron chi connectivity index (χ2n) is 9.34. The molecule has 1 aromatic heterocycles. The van der Waals surface area contributed by atoms with Crippen LogP contribution in [0.15, 0.2) is 42.5 Å². The SMILES string of the molecule is Cc1cc(-c2cc(C(F)(F)F)nn2C(F)F)ccc1NC(=O)c1cccc(I)c1C(=O)NC(C)(C)CS(C)=O. The third-order valence-corrected chi connectivity index (χ3v) is 7.51. The van der Waals surface area contributed by atoms with Crippen LogP contribution in [0.1, 0.15) is 52.4 Å². The molecule has 0 aliphatic heterocycles. The molecule has 3 rings (SSSR count). The number of hydrogen-bond donors (Lipinski definition) is 2. The van der Waals surface area contributed by atoms with E-state index in [0.717, 1.165) is 0 Å². The lowest BCUT2D eigenvalue weighted by molar-refractivity contribution is -0.142. The van der Waals surface area contributed by atoms with Gasteiger partial charge in [0.15, 0.2) is 5.69 Å². The van der Waals surface area contributed by atoms with E-state index in [9.17, 15) is 35.8 Å². The number of nitrogens with one attached hydrogen (secondary N) is 2. The van der Waals surface area contributed by atoms with Gasteiger partial charge in [0, 0.05) is 43.2 Å². The monoisotopic (exact) mass is 682 g/mol. The van der Waals surface area contributed by atoms with Crippen LogP contribution >= 0.6 is 22.6 Å². The highest BCUT2D eigenvalue weighted by molar-refractivity contribution is 14.1. The summed E-state index contributed by atoms with van der Waals surface area (Å²) in [5, 5.41) is 8.46. The number of carbonyl (C=O) groups excluding carboxylic acids is 2. The van der Waals surface area contributed by atoms with E-state index in [1.165, 1.54) is 30.5 Å². The van der Waals surface area contributed by atoms with Gasteiger partial charge >= 0.3 is 12.7 Å². The largest absolute Gasteiger partial charge is 0.435 e. The van der Waals surface area contributed by atoms with Crippen molar-refractivity contribution < 1.29 is 35.8 Å². The highest BCUT2D eigenvalue weighted by Gasteiger charge is 2.36. The van der Waals surface area contributed by atoms with Crippen LogP contribution in [-0.2, 0) is 17.0 Å². The molecule has 2 amide bonds. The lowest BCUT2D eigenvalue weighted by Gasteiger charge is -2.26. The molecular formula is C25H24F5IN4O3S. The van der Waals surface area contributed by atoms with Crippen molar-refractivity contribution >= 4 is 50.9 Å². The molecule has 3 aromatic rings. The fourth-order valence-corrected chi connectivity index (χ4v) is 5.74. The summed E-state index contributed by atoms with van der Waals surface area (Å²) in [6.07, 6.45) is -3.39. The Bertz CT molecular complexity index is 1440. The maximum Gasteiger partial charge on any atom is 0.435 e. The van der Waals surface area contributed by atoms with Crippen LogP contribution in [0.2, 0.25) is 0 Å². The standard InChI is InChI=1S/C25H24F5IN4O3S/c1-13-10-14(18-11-19(25(28,29)30)34-35(18)23(26)27)8-9-17(13)32-21(36)15-6-5-7-16(31)20(15)22(37)33-24(2,3)12-39(4)38/h5-11,23H,12H2,1-4H3,(H,32,36)(H,33,37). The minimum atomic E-state index is -4.90. The van der Waals surface area contributed by atoms with Gasteiger partial charge in [-0.05, 0) is 79.3 Å². The van der Waals surface area contributed by atoms with Crippen LogP contribution in [-0.4, -0.2) is 43.4 Å². The normalized spacial score (nSPS) is 12.9. The number of anilines is 1. The van der Waals surface area contributed by atoms with Gasteiger partial charge in [-0.25, -0.2) is 4.68 Å². The van der Waals surface area contributed by atoms with Crippen molar-refractivity contribution in [3.05, 3.63) is 68.4 Å². The van der Waals surface area contributed by atoms with Crippen LogP contribution in [0.3, 0.4) is 0 Å². The molecule has 1 unspecified atom stereocenters. The average Bonchev–Trinajstić information content (AvgIpc) is 3.25. The first-order valence-electron chi connectivity index (χ1n) is 11.3. The van der Waals surface area contributed by atoms with E-state index in [0.29, 0.717) is 15.2 Å². The Balaban J connectivity index is 1.91. The Labute approximate surface area is 237 Å². The van der Waals surface area contributed by atoms with Crippen molar-refractivity contribution in [1.29, 1.82) is 0 Å². The quantitative estimate of drug-likeness (QED) is 0.225. The van der Waals surface area contributed by atoms with E-state index in [4.69, 9.17) is 0 Å². The fraction of sp³-hybridized carbons (Fsp3) is 0.320. The van der Waals surface area contributed by atoms with Gasteiger partial charge in [-0.3, -0.25) is 13.8 Å². The van der Waals surface area contributed by atoms with E-state index in [1.54, 1.807) is 32.9 Å². The number of rotatable bonds is 8. The zero-order chi connectivity index (χ0) is 29.3. The van der Waals surface area contributed by atoms with Crippen LogP contribution in [0.5, 0.6) is 0 Å². The van der Waals surface area contributed by atoms with Gasteiger partial charge in [0.1, 0.15) is 0 Å². The Morgan fingerprint density at radius 1 is 1.10 bits per heavy atom. The van der Waals surface area contributed by atoms with Crippen LogP contribution in [0.4, 0.5) is 27.6 Å². The Kier molecular flexibility index (Phi) is 9.20. The van der Waals surface area contributed by atoms with E-state index in [2.05, 4.69) is 15.7 Å². The second kappa shape index (κ2) is 11.7. The Morgan fingerprint density at radius 2 is 1.77 bits per heavy atom. The maximum absolute atomic E-state index is 13.4. The van der Waals surface area contributed by atoms with E-state index < -0.39 is 52.3 Å². The second-order valence-corrected chi connectivity index (χ2v) is 11.9. The third kappa shape index (κ3) is 7.41. The summed E-state index contributed by atoms with van der Waals surface area (Å²) >= 11 is 1.93. The minimum absolute atomic E-state index is 0.0117. The first-order chi connectivity index (χ1) is 18.0. The molecular weight excluding hydrogens is 658 g/mol. The van der Waals surface area contributed by atoms with E-state index in [-0.39, 0.29) is 32.8 Å². The van der Waals surface area contributed by atoms with Gasteiger partial charge in [-0.2, -0.15) is 27.1 Å². The van der Waals surface area contributed by atoms with Gasteiger partial charge < -0.3 is 10.6 Å². The molecule has 0 bridgehead atoms. The lowest BCUT2D eigenvalue weighted by atomic mass is 10.0. The molecule has 0 saturated carbocycles. The number of alkyl halides is 5. The van der Waals surface area contributed by atoms with Gasteiger partial charge in [0.25, 0.3) is 11.8 Å². The molecule has 0 fully saturated rings. The fourth-order valence-electron chi connectivity index (χ4n) is 3.91. The number of aromatic nitrogens is 2. The smallest absolute Gasteiger partial charge is 0.346 e. The summed E-state index contributed by atoms with van der Waals surface area (Å²) < 4.78 is 78.1. The molecule has 0 aliphatic carbocycles. The third-order valence-electron chi connectivity index (χ3n) is 5.48. The summed E-state index contributed by atoms with van der Waals surface area (Å²) in [6.45, 7) is 1.67. The Morgan fingerprint density at radius 3 is 2.33 bits per heavy atom. The lowest BCUT2D eigenvalue weighted by Crippen LogP contribution is -2.47. The van der Waals surface area contributed by atoms with Crippen molar-refractivity contribution in [1.82, 2.24) is 15.1 Å². The summed E-state index contributed by atoms with van der Waals surface area (Å²) in [4.78, 5) is 26.3. The first kappa shape index (κ1) is 30.7. The molecule has 39 heavy (non-hydrogen) atoms. The molecule has 0 saturated heterocycles. The van der Waals surface area contributed by atoms with Crippen LogP contribution < -0.4 is 10.6 Å². The molecule has 14 heteroatoms. The molecule has 2 aromatic carbocycles. The predicted octanol–water partition coefficient (Wildman–Crippen LogP) is 6.02. The zero-order valence-corrected chi connectivity index (χ0v) is 24.1. The molecule has 0 spiro atoms. The van der Waals surface area contributed by atoms with Gasteiger partial charge in [0.2, 0.25) is 0 Å². The van der Waals surface area contributed by atoms with Crippen LogP contribution in [0.25, 0.3) is 11.3 Å². The molecule has 1 atom stereocenters. The first-order valence-corrected chi connectivity index (χ1v) is 14.1. The maximum atomic E-state index is 13.4. The molecule has 2 N–H and O–H groups in total. The van der Waals surface area contributed by atoms with Crippen molar-refractivity contribution in [2.75, 3.05) is 17.3 Å². The summed E-state index contributed by atoms with van der Waals surface area (Å²) in [6, 6.07) is 9.24. The van der Waals surface area contributed by atoms with Crippen molar-refractivity contribution in [3.8, 4) is 11.3 Å². The van der Waals surface area contributed by atoms with Gasteiger partial charge in [-0.1, -0.05) is 12.1 Å². The topological polar surface area (TPSA) is 93.1 Å². The van der Waals surface area contributed by atoms with Crippen molar-refractivity contribution in [3.63, 3.8) is 0 Å². The summed E-state index contributed by atoms with van der Waals surface area (Å²) in [5.74, 6) is -0.971. The van der Waals surface area contributed by atoms with Crippen molar-refractivity contribution in [2.45, 2.75) is 39.0 Å². The summed E-state index contributed by atoms with van der Waals surface area (Å²) in [5.41, 5.74) is -1.86. The molecule has 210 valence electrons. The minimum Gasteiger partial charge on any atom is -0.346 e. The number of benzene rings is 2. The molecule has 0 radical (unpaired) electrons. The molecule has 1 heterocycles. The van der Waals surface area contributed by atoms with Crippen LogP contribution in [0, 0.1) is 10.5 Å². The molecule has 7 nitrogen and oxygen atoms in total. The number of nitrogens with zero attached hydrogens (tertiary/aromatic N) is 2. The van der Waals surface area contributed by atoms with Crippen molar-refractivity contribution in [2.24, 2.45) is 0 Å².